The fraction of sp³-hybridized carbons (Fsp3) is 0.625. The number of hydrogen-bond donors (Lipinski definition) is 1. The summed E-state index contributed by atoms with van der Waals surface area (Å²) in [7, 11) is 0. The van der Waals surface area contributed by atoms with Gasteiger partial charge in [-0.2, -0.15) is 0 Å². The molecule has 1 N–H and O–H groups in total. The van der Waals surface area contributed by atoms with Gasteiger partial charge in [-0.1, -0.05) is 37.4 Å². The molecule has 0 radical (unpaired) electrons. The van der Waals surface area contributed by atoms with Crippen LogP contribution in [0, 0.1) is 11.7 Å². The number of halogens is 2. The number of aliphatic hydroxyl groups is 1. The molecule has 1 aromatic rings. The maximum Gasteiger partial charge on any atom is 0.142 e. The molecular weight excluding hydrogens is 263 g/mol. The van der Waals surface area contributed by atoms with Crippen LogP contribution in [0.5, 0.6) is 0 Å². The van der Waals surface area contributed by atoms with Crippen LogP contribution in [0.15, 0.2) is 18.2 Å². The predicted octanol–water partition coefficient (Wildman–Crippen LogP) is 4.74. The molecule has 0 atom stereocenters. The van der Waals surface area contributed by atoms with Crippen LogP contribution >= 0.6 is 11.6 Å². The molecule has 1 aliphatic carbocycles. The summed E-state index contributed by atoms with van der Waals surface area (Å²) in [5.41, 5.74) is 0.170. The van der Waals surface area contributed by atoms with Crippen molar-refractivity contribution in [1.82, 2.24) is 0 Å². The van der Waals surface area contributed by atoms with Gasteiger partial charge in [-0.05, 0) is 49.3 Å². The molecule has 0 aliphatic heterocycles. The molecule has 1 aliphatic rings. The summed E-state index contributed by atoms with van der Waals surface area (Å²) in [5.74, 6) is 0.356. The first-order chi connectivity index (χ1) is 9.02. The molecule has 106 valence electrons. The fourth-order valence-electron chi connectivity index (χ4n) is 3.12. The third-order valence-electron chi connectivity index (χ3n) is 4.25. The van der Waals surface area contributed by atoms with Crippen LogP contribution in [0.3, 0.4) is 0 Å². The van der Waals surface area contributed by atoms with Crippen molar-refractivity contribution in [3.8, 4) is 0 Å². The summed E-state index contributed by atoms with van der Waals surface area (Å²) >= 11 is 5.67. The highest BCUT2D eigenvalue weighted by Crippen LogP contribution is 2.36. The van der Waals surface area contributed by atoms with E-state index in [9.17, 15) is 9.50 Å². The number of hydrogen-bond acceptors (Lipinski definition) is 1. The molecule has 1 saturated carbocycles. The lowest BCUT2D eigenvalue weighted by atomic mass is 9.75. The number of rotatable bonds is 4. The molecule has 0 heterocycles. The third kappa shape index (κ3) is 3.93. The first-order valence-corrected chi connectivity index (χ1v) is 7.56. The van der Waals surface area contributed by atoms with Crippen molar-refractivity contribution < 1.29 is 9.50 Å². The first kappa shape index (κ1) is 14.8. The maximum absolute atomic E-state index is 13.4. The highest BCUT2D eigenvalue weighted by molar-refractivity contribution is 6.30. The summed E-state index contributed by atoms with van der Waals surface area (Å²) in [6.45, 7) is 2.21. The lowest BCUT2D eigenvalue weighted by Gasteiger charge is -2.36. The Balaban J connectivity index is 1.96. The van der Waals surface area contributed by atoms with Gasteiger partial charge in [0.1, 0.15) is 5.82 Å². The van der Waals surface area contributed by atoms with Gasteiger partial charge in [0.2, 0.25) is 0 Å². The Bertz CT molecular complexity index is 425. The number of benzene rings is 1. The summed E-state index contributed by atoms with van der Waals surface area (Å²) < 4.78 is 13.4. The molecule has 0 unspecified atom stereocenters. The van der Waals surface area contributed by atoms with E-state index in [2.05, 4.69) is 6.92 Å². The Labute approximate surface area is 119 Å². The van der Waals surface area contributed by atoms with Crippen molar-refractivity contribution in [2.24, 2.45) is 5.92 Å². The van der Waals surface area contributed by atoms with Crippen LogP contribution in [-0.4, -0.2) is 10.7 Å². The van der Waals surface area contributed by atoms with Crippen molar-refractivity contribution in [1.29, 1.82) is 0 Å². The van der Waals surface area contributed by atoms with E-state index in [0.29, 0.717) is 6.42 Å². The first-order valence-electron chi connectivity index (χ1n) is 7.19. The molecule has 1 aromatic carbocycles. The van der Waals surface area contributed by atoms with Gasteiger partial charge in [0, 0.05) is 6.42 Å². The summed E-state index contributed by atoms with van der Waals surface area (Å²) in [5, 5.41) is 10.8. The van der Waals surface area contributed by atoms with E-state index >= 15 is 0 Å². The lowest BCUT2D eigenvalue weighted by Crippen LogP contribution is -2.36. The van der Waals surface area contributed by atoms with Gasteiger partial charge in [0.25, 0.3) is 0 Å². The molecule has 1 nitrogen and oxygen atoms in total. The normalized spacial score (nSPS) is 27.5. The van der Waals surface area contributed by atoms with E-state index in [1.165, 1.54) is 18.9 Å². The Morgan fingerprint density at radius 3 is 2.63 bits per heavy atom. The van der Waals surface area contributed by atoms with E-state index in [-0.39, 0.29) is 5.02 Å². The van der Waals surface area contributed by atoms with Gasteiger partial charge in [-0.15, -0.1) is 0 Å². The van der Waals surface area contributed by atoms with Gasteiger partial charge in [-0.25, -0.2) is 4.39 Å². The zero-order valence-electron chi connectivity index (χ0n) is 11.5. The molecular formula is C16H22ClFO. The molecule has 0 amide bonds. The minimum atomic E-state index is -0.662. The highest BCUT2D eigenvalue weighted by atomic mass is 35.5. The van der Waals surface area contributed by atoms with Crippen LogP contribution in [0.4, 0.5) is 4.39 Å². The molecule has 1 fully saturated rings. The average molecular weight is 285 g/mol. The third-order valence-corrected chi connectivity index (χ3v) is 4.56. The second-order valence-corrected chi connectivity index (χ2v) is 6.29. The van der Waals surface area contributed by atoms with Gasteiger partial charge in [-0.3, -0.25) is 0 Å². The largest absolute Gasteiger partial charge is 0.390 e. The Hall–Kier alpha value is -0.600. The summed E-state index contributed by atoms with van der Waals surface area (Å²) in [6, 6.07) is 4.82. The molecule has 0 bridgehead atoms. The fourth-order valence-corrected chi connectivity index (χ4v) is 3.24. The Kier molecular flexibility index (Phi) is 4.86. The van der Waals surface area contributed by atoms with Crippen LogP contribution < -0.4 is 0 Å². The van der Waals surface area contributed by atoms with Crippen molar-refractivity contribution in [3.05, 3.63) is 34.6 Å². The zero-order chi connectivity index (χ0) is 13.9. The summed E-state index contributed by atoms with van der Waals surface area (Å²) in [6.07, 6.45) is 6.81. The average Bonchev–Trinajstić information content (AvgIpc) is 2.37. The van der Waals surface area contributed by atoms with Gasteiger partial charge in [0.15, 0.2) is 0 Å². The standard InChI is InChI=1S/C16H22ClFO/c1-2-3-12-6-8-16(19,9-7-12)11-13-4-5-14(17)15(18)10-13/h4-5,10,12,19H,2-3,6-9,11H2,1H3. The van der Waals surface area contributed by atoms with Crippen molar-refractivity contribution in [2.75, 3.05) is 0 Å². The molecule has 0 aromatic heterocycles. The molecule has 19 heavy (non-hydrogen) atoms. The van der Waals surface area contributed by atoms with E-state index in [0.717, 1.165) is 37.2 Å². The lowest BCUT2D eigenvalue weighted by molar-refractivity contribution is -0.00990. The van der Waals surface area contributed by atoms with E-state index in [4.69, 9.17) is 11.6 Å². The van der Waals surface area contributed by atoms with Gasteiger partial charge in [0.05, 0.1) is 10.6 Å². The van der Waals surface area contributed by atoms with Crippen LogP contribution in [0.2, 0.25) is 5.02 Å². The molecule has 0 spiro atoms. The Morgan fingerprint density at radius 2 is 2.05 bits per heavy atom. The van der Waals surface area contributed by atoms with E-state index < -0.39 is 11.4 Å². The van der Waals surface area contributed by atoms with Crippen LogP contribution in [-0.2, 0) is 6.42 Å². The second-order valence-electron chi connectivity index (χ2n) is 5.88. The molecule has 2 rings (SSSR count). The molecule has 3 heteroatoms. The smallest absolute Gasteiger partial charge is 0.142 e. The maximum atomic E-state index is 13.4. The minimum Gasteiger partial charge on any atom is -0.390 e. The van der Waals surface area contributed by atoms with Crippen LogP contribution in [0.1, 0.15) is 51.0 Å². The minimum absolute atomic E-state index is 0.141. The highest BCUT2D eigenvalue weighted by Gasteiger charge is 2.33. The van der Waals surface area contributed by atoms with Crippen LogP contribution in [0.25, 0.3) is 0 Å². The SMILES string of the molecule is CCCC1CCC(O)(Cc2ccc(Cl)c(F)c2)CC1. The van der Waals surface area contributed by atoms with Crippen molar-refractivity contribution >= 4 is 11.6 Å². The monoisotopic (exact) mass is 284 g/mol. The van der Waals surface area contributed by atoms with Crippen molar-refractivity contribution in [3.63, 3.8) is 0 Å². The summed E-state index contributed by atoms with van der Waals surface area (Å²) in [4.78, 5) is 0. The van der Waals surface area contributed by atoms with E-state index in [1.54, 1.807) is 6.07 Å². The van der Waals surface area contributed by atoms with Gasteiger partial charge >= 0.3 is 0 Å². The van der Waals surface area contributed by atoms with E-state index in [1.807, 2.05) is 6.07 Å². The molecule has 0 saturated heterocycles. The zero-order valence-corrected chi connectivity index (χ0v) is 12.2. The Morgan fingerprint density at radius 1 is 1.37 bits per heavy atom. The topological polar surface area (TPSA) is 20.2 Å². The second kappa shape index (κ2) is 6.23. The van der Waals surface area contributed by atoms with Crippen molar-refractivity contribution in [2.45, 2.75) is 57.5 Å². The predicted molar refractivity (Wildman–Crippen MR) is 76.9 cm³/mol. The van der Waals surface area contributed by atoms with Gasteiger partial charge < -0.3 is 5.11 Å². The quantitative estimate of drug-likeness (QED) is 0.846.